The number of pyridine rings is 1. The Morgan fingerprint density at radius 2 is 1.94 bits per heavy atom. The lowest BCUT2D eigenvalue weighted by Crippen LogP contribution is -2.21. The molecule has 94 valence electrons. The highest BCUT2D eigenvalue weighted by Crippen LogP contribution is 2.50. The van der Waals surface area contributed by atoms with Crippen molar-refractivity contribution < 1.29 is 0 Å². The summed E-state index contributed by atoms with van der Waals surface area (Å²) in [4.78, 5) is 3.95. The second kappa shape index (κ2) is 5.13. The Morgan fingerprint density at radius 3 is 2.47 bits per heavy atom. The molecular formula is C13H18Cl2N2. The van der Waals surface area contributed by atoms with E-state index in [9.17, 15) is 0 Å². The molecule has 2 rings (SSSR count). The third kappa shape index (κ3) is 3.34. The monoisotopic (exact) mass is 272 g/mol. The van der Waals surface area contributed by atoms with Crippen LogP contribution in [0, 0.1) is 11.3 Å². The topological polar surface area (TPSA) is 24.9 Å². The molecule has 0 spiro atoms. The van der Waals surface area contributed by atoms with Crippen molar-refractivity contribution in [2.45, 2.75) is 26.7 Å². The summed E-state index contributed by atoms with van der Waals surface area (Å²) in [6.07, 6.45) is 5.48. The van der Waals surface area contributed by atoms with Crippen LogP contribution in [-0.4, -0.2) is 18.1 Å². The van der Waals surface area contributed by atoms with Gasteiger partial charge in [0.15, 0.2) is 0 Å². The van der Waals surface area contributed by atoms with Crippen molar-refractivity contribution in [3.63, 3.8) is 0 Å². The first-order valence-electron chi connectivity index (χ1n) is 5.99. The Kier molecular flexibility index (Phi) is 3.96. The lowest BCUT2D eigenvalue weighted by Gasteiger charge is -2.08. The molecule has 1 aromatic heterocycles. The molecule has 0 unspecified atom stereocenters. The van der Waals surface area contributed by atoms with Crippen LogP contribution in [0.3, 0.4) is 0 Å². The number of aromatic nitrogens is 1. The summed E-state index contributed by atoms with van der Waals surface area (Å²) in [5.41, 5.74) is 1.53. The van der Waals surface area contributed by atoms with Gasteiger partial charge in [-0.1, -0.05) is 37.0 Å². The first-order valence-corrected chi connectivity index (χ1v) is 6.75. The average molecular weight is 273 g/mol. The van der Waals surface area contributed by atoms with E-state index in [1.165, 1.54) is 6.42 Å². The lowest BCUT2D eigenvalue weighted by molar-refractivity contribution is 0.521. The maximum Gasteiger partial charge on any atom is 0.0636 e. The first-order chi connectivity index (χ1) is 8.00. The molecule has 17 heavy (non-hydrogen) atoms. The zero-order valence-corrected chi connectivity index (χ0v) is 11.8. The normalized spacial score (nSPS) is 21.5. The fraction of sp³-hybridized carbons (Fsp3) is 0.615. The summed E-state index contributed by atoms with van der Waals surface area (Å²) in [5, 5.41) is 4.78. The molecule has 2 nitrogen and oxygen atoms in total. The Morgan fingerprint density at radius 1 is 1.35 bits per heavy atom. The van der Waals surface area contributed by atoms with Gasteiger partial charge in [-0.15, -0.1) is 0 Å². The number of hydrogen-bond acceptors (Lipinski definition) is 2. The largest absolute Gasteiger partial charge is 0.316 e. The van der Waals surface area contributed by atoms with Crippen LogP contribution in [0.5, 0.6) is 0 Å². The molecule has 1 atom stereocenters. The predicted octanol–water partition coefficient (Wildman–Crippen LogP) is 3.57. The number of nitrogens with zero attached hydrogens (tertiary/aromatic N) is 1. The maximum atomic E-state index is 6.05. The van der Waals surface area contributed by atoms with E-state index in [1.807, 2.05) is 0 Å². The van der Waals surface area contributed by atoms with Crippen molar-refractivity contribution in [2.24, 2.45) is 11.3 Å². The molecule has 4 heteroatoms. The highest BCUT2D eigenvalue weighted by Gasteiger charge is 2.44. The van der Waals surface area contributed by atoms with Gasteiger partial charge in [-0.2, -0.15) is 0 Å². The van der Waals surface area contributed by atoms with E-state index >= 15 is 0 Å². The second-order valence-electron chi connectivity index (χ2n) is 5.43. The van der Waals surface area contributed by atoms with Crippen molar-refractivity contribution in [1.29, 1.82) is 0 Å². The summed E-state index contributed by atoms with van der Waals surface area (Å²) in [5.74, 6) is 0.825. The minimum absolute atomic E-state index is 0.541. The quantitative estimate of drug-likeness (QED) is 0.830. The van der Waals surface area contributed by atoms with Crippen LogP contribution in [0.15, 0.2) is 12.4 Å². The second-order valence-corrected chi connectivity index (χ2v) is 6.24. The Bertz CT molecular complexity index is 384. The average Bonchev–Trinajstić information content (AvgIpc) is 2.85. The van der Waals surface area contributed by atoms with E-state index in [-0.39, 0.29) is 0 Å². The molecule has 1 aromatic rings. The smallest absolute Gasteiger partial charge is 0.0636 e. The van der Waals surface area contributed by atoms with E-state index < -0.39 is 0 Å². The van der Waals surface area contributed by atoms with E-state index in [1.54, 1.807) is 12.4 Å². The standard InChI is InChI=1S/C13H18Cl2N2/c1-13(2)5-9(13)6-16-4-3-10-11(14)7-17-8-12(10)15/h7-9,16H,3-6H2,1-2H3/t9-/m0/s1. The predicted molar refractivity (Wildman–Crippen MR) is 72.7 cm³/mol. The van der Waals surface area contributed by atoms with Crippen molar-refractivity contribution in [2.75, 3.05) is 13.1 Å². The summed E-state index contributed by atoms with van der Waals surface area (Å²) in [7, 11) is 0. The van der Waals surface area contributed by atoms with Gasteiger partial charge in [0.05, 0.1) is 10.0 Å². The van der Waals surface area contributed by atoms with Crippen LogP contribution in [0.1, 0.15) is 25.8 Å². The molecular weight excluding hydrogens is 255 g/mol. The highest BCUT2D eigenvalue weighted by atomic mass is 35.5. The van der Waals surface area contributed by atoms with Gasteiger partial charge in [0.2, 0.25) is 0 Å². The molecule has 1 aliphatic rings. The van der Waals surface area contributed by atoms with Crippen LogP contribution < -0.4 is 5.32 Å². The summed E-state index contributed by atoms with van der Waals surface area (Å²) >= 11 is 12.1. The Hall–Kier alpha value is -0.310. The first kappa shape index (κ1) is 13.1. The lowest BCUT2D eigenvalue weighted by atomic mass is 10.1. The van der Waals surface area contributed by atoms with Crippen LogP contribution in [0.2, 0.25) is 10.0 Å². The zero-order valence-electron chi connectivity index (χ0n) is 10.3. The Balaban J connectivity index is 1.75. The molecule has 1 N–H and O–H groups in total. The third-order valence-electron chi connectivity index (χ3n) is 3.61. The third-order valence-corrected chi connectivity index (χ3v) is 4.26. The van der Waals surface area contributed by atoms with Crippen molar-refractivity contribution >= 4 is 23.2 Å². The fourth-order valence-corrected chi connectivity index (χ4v) is 2.64. The van der Waals surface area contributed by atoms with Gasteiger partial charge in [-0.25, -0.2) is 0 Å². The van der Waals surface area contributed by atoms with E-state index in [0.717, 1.165) is 31.0 Å². The van der Waals surface area contributed by atoms with Crippen LogP contribution in [0.25, 0.3) is 0 Å². The number of nitrogens with one attached hydrogen (secondary N) is 1. The molecule has 0 bridgehead atoms. The number of hydrogen-bond donors (Lipinski definition) is 1. The fourth-order valence-electron chi connectivity index (χ4n) is 2.09. The SMILES string of the molecule is CC1(C)C[C@H]1CNCCc1c(Cl)cncc1Cl. The molecule has 1 heterocycles. The van der Waals surface area contributed by atoms with E-state index in [2.05, 4.69) is 24.1 Å². The Labute approximate surface area is 113 Å². The molecule has 1 aliphatic carbocycles. The molecule has 0 aromatic carbocycles. The van der Waals surface area contributed by atoms with Crippen LogP contribution in [0.4, 0.5) is 0 Å². The van der Waals surface area contributed by atoms with Gasteiger partial charge < -0.3 is 5.32 Å². The summed E-state index contributed by atoms with van der Waals surface area (Å²) in [6.45, 7) is 6.63. The zero-order chi connectivity index (χ0) is 12.5. The van der Waals surface area contributed by atoms with Crippen molar-refractivity contribution in [3.8, 4) is 0 Å². The van der Waals surface area contributed by atoms with Crippen molar-refractivity contribution in [1.82, 2.24) is 10.3 Å². The summed E-state index contributed by atoms with van der Waals surface area (Å²) < 4.78 is 0. The van der Waals surface area contributed by atoms with Gasteiger partial charge in [0.1, 0.15) is 0 Å². The van der Waals surface area contributed by atoms with Gasteiger partial charge >= 0.3 is 0 Å². The van der Waals surface area contributed by atoms with E-state index in [0.29, 0.717) is 15.5 Å². The maximum absolute atomic E-state index is 6.05. The van der Waals surface area contributed by atoms with Gasteiger partial charge in [0.25, 0.3) is 0 Å². The highest BCUT2D eigenvalue weighted by molar-refractivity contribution is 6.35. The van der Waals surface area contributed by atoms with Crippen LogP contribution in [-0.2, 0) is 6.42 Å². The molecule has 0 amide bonds. The molecule has 0 aliphatic heterocycles. The van der Waals surface area contributed by atoms with Gasteiger partial charge in [-0.3, -0.25) is 4.98 Å². The van der Waals surface area contributed by atoms with E-state index in [4.69, 9.17) is 23.2 Å². The number of rotatable bonds is 5. The minimum Gasteiger partial charge on any atom is -0.316 e. The number of halogens is 2. The van der Waals surface area contributed by atoms with Gasteiger partial charge in [-0.05, 0) is 42.8 Å². The molecule has 1 fully saturated rings. The molecule has 1 saturated carbocycles. The minimum atomic E-state index is 0.541. The van der Waals surface area contributed by atoms with Crippen LogP contribution >= 0.6 is 23.2 Å². The van der Waals surface area contributed by atoms with Gasteiger partial charge in [0, 0.05) is 12.4 Å². The van der Waals surface area contributed by atoms with Crippen molar-refractivity contribution in [3.05, 3.63) is 28.0 Å². The molecule has 0 radical (unpaired) electrons. The summed E-state index contributed by atoms with van der Waals surface area (Å²) in [6, 6.07) is 0. The molecule has 0 saturated heterocycles.